The highest BCUT2D eigenvalue weighted by Crippen LogP contribution is 2.64. The van der Waals surface area contributed by atoms with Crippen molar-refractivity contribution in [2.45, 2.75) is 29.7 Å². The van der Waals surface area contributed by atoms with Gasteiger partial charge in [-0.3, -0.25) is 9.59 Å². The molecule has 2 saturated heterocycles. The Kier molecular flexibility index (Phi) is 3.23. The van der Waals surface area contributed by atoms with Gasteiger partial charge in [0.05, 0.1) is 29.6 Å². The smallest absolute Gasteiger partial charge is 0.369 e. The number of alkyl halides is 3. The van der Waals surface area contributed by atoms with E-state index < -0.39 is 50.4 Å². The van der Waals surface area contributed by atoms with Crippen molar-refractivity contribution in [2.75, 3.05) is 0 Å². The predicted molar refractivity (Wildman–Crippen MR) is 78.8 cm³/mol. The molecule has 7 nitrogen and oxygen atoms in total. The van der Waals surface area contributed by atoms with Crippen LogP contribution in [-0.2, 0) is 34.9 Å². The van der Waals surface area contributed by atoms with E-state index in [1.807, 2.05) is 0 Å². The number of hydrogen-bond acceptors (Lipinski definition) is 6. The molecule has 4 fully saturated rings. The first-order valence-corrected chi connectivity index (χ1v) is 9.66. The maximum Gasteiger partial charge on any atom is 0.417 e. The average Bonchev–Trinajstić information content (AvgIpc) is 3.14. The van der Waals surface area contributed by atoms with Gasteiger partial charge in [0.15, 0.2) is 0 Å². The number of hydrogen-bond donors (Lipinski definition) is 0. The predicted octanol–water partition coefficient (Wildman–Crippen LogP) is 1.34. The zero-order valence-corrected chi connectivity index (χ0v) is 14.2. The van der Waals surface area contributed by atoms with Crippen LogP contribution in [-0.4, -0.2) is 37.5 Å². The largest absolute Gasteiger partial charge is 0.417 e. The molecular formula is C16H12F3NO6S. The van der Waals surface area contributed by atoms with Crippen LogP contribution in [0, 0.1) is 23.7 Å². The Morgan fingerprint density at radius 2 is 1.59 bits per heavy atom. The van der Waals surface area contributed by atoms with Gasteiger partial charge in [-0.2, -0.15) is 21.6 Å². The van der Waals surface area contributed by atoms with Crippen LogP contribution < -0.4 is 0 Å². The maximum atomic E-state index is 13.1. The summed E-state index contributed by atoms with van der Waals surface area (Å²) < 4.78 is 74.2. The van der Waals surface area contributed by atoms with Gasteiger partial charge in [-0.05, 0) is 18.6 Å². The molecule has 2 aliphatic heterocycles. The van der Waals surface area contributed by atoms with Crippen molar-refractivity contribution in [2.24, 2.45) is 23.7 Å². The second-order valence-corrected chi connectivity index (χ2v) is 8.67. The lowest BCUT2D eigenvalue weighted by Crippen LogP contribution is -2.36. The maximum absolute atomic E-state index is 13.1. The number of ether oxygens (including phenoxy) is 1. The van der Waals surface area contributed by atoms with Crippen molar-refractivity contribution >= 4 is 21.9 Å². The number of rotatable bonds is 3. The standard InChI is InChI=1S/C16H12F3NO6S/c17-16(18,19)8-3-1-2-4-9(8)27(23,24)26-20-14(21)10-6-5-7(11(10)15(20)22)13-12(6)25-13/h1-4,6-7,10-13H,5H2. The first-order chi connectivity index (χ1) is 12.6. The van der Waals surface area contributed by atoms with Crippen molar-refractivity contribution in [3.05, 3.63) is 29.8 Å². The minimum atomic E-state index is -5.04. The molecule has 1 aromatic rings. The Labute approximate surface area is 151 Å². The summed E-state index contributed by atoms with van der Waals surface area (Å²) in [5.41, 5.74) is -1.43. The third kappa shape index (κ3) is 2.25. The highest BCUT2D eigenvalue weighted by atomic mass is 32.2. The molecule has 2 saturated carbocycles. The topological polar surface area (TPSA) is 93.3 Å². The van der Waals surface area contributed by atoms with Gasteiger partial charge in [0.1, 0.15) is 4.90 Å². The molecule has 6 atom stereocenters. The van der Waals surface area contributed by atoms with Gasteiger partial charge in [0, 0.05) is 11.8 Å². The van der Waals surface area contributed by atoms with Crippen molar-refractivity contribution in [3.8, 4) is 0 Å². The molecule has 2 bridgehead atoms. The molecule has 5 rings (SSSR count). The second-order valence-electron chi connectivity index (χ2n) is 7.17. The fourth-order valence-corrected chi connectivity index (χ4v) is 5.95. The summed E-state index contributed by atoms with van der Waals surface area (Å²) in [5, 5.41) is 0.127. The molecule has 144 valence electrons. The first kappa shape index (κ1) is 17.1. The average molecular weight is 403 g/mol. The molecule has 2 amide bonds. The lowest BCUT2D eigenvalue weighted by Gasteiger charge is -2.18. The van der Waals surface area contributed by atoms with E-state index in [4.69, 9.17) is 4.74 Å². The monoisotopic (exact) mass is 403 g/mol. The van der Waals surface area contributed by atoms with Crippen molar-refractivity contribution in [1.29, 1.82) is 0 Å². The van der Waals surface area contributed by atoms with Gasteiger partial charge in [-0.1, -0.05) is 12.1 Å². The molecule has 11 heteroatoms. The fraction of sp³-hybridized carbons (Fsp3) is 0.500. The fourth-order valence-electron chi connectivity index (χ4n) is 4.83. The molecule has 0 aromatic heterocycles. The summed E-state index contributed by atoms with van der Waals surface area (Å²) in [6.07, 6.45) is -4.49. The highest BCUT2D eigenvalue weighted by molar-refractivity contribution is 7.86. The van der Waals surface area contributed by atoms with E-state index in [1.54, 1.807) is 0 Å². The number of halogens is 3. The summed E-state index contributed by atoms with van der Waals surface area (Å²) in [5.74, 6) is -3.50. The Bertz CT molecular complexity index is 945. The van der Waals surface area contributed by atoms with E-state index in [-0.39, 0.29) is 29.1 Å². The molecule has 2 heterocycles. The lowest BCUT2D eigenvalue weighted by molar-refractivity contribution is -0.167. The van der Waals surface area contributed by atoms with Crippen LogP contribution in [0.25, 0.3) is 0 Å². The molecule has 0 radical (unpaired) electrons. The van der Waals surface area contributed by atoms with E-state index >= 15 is 0 Å². The number of carbonyl (C=O) groups excluding carboxylic acids is 2. The van der Waals surface area contributed by atoms with Gasteiger partial charge in [0.25, 0.3) is 11.8 Å². The number of epoxide rings is 1. The third-order valence-corrected chi connectivity index (χ3v) is 7.10. The minimum absolute atomic E-state index is 0.101. The Balaban J connectivity index is 1.46. The number of carbonyl (C=O) groups is 2. The molecule has 4 aliphatic rings. The van der Waals surface area contributed by atoms with Crippen LogP contribution >= 0.6 is 0 Å². The van der Waals surface area contributed by atoms with Gasteiger partial charge in [-0.25, -0.2) is 0 Å². The van der Waals surface area contributed by atoms with Crippen LogP contribution in [0.2, 0.25) is 0 Å². The number of fused-ring (bicyclic) bond motifs is 8. The van der Waals surface area contributed by atoms with Crippen molar-refractivity contribution < 1.29 is 40.2 Å². The van der Waals surface area contributed by atoms with Crippen LogP contribution in [0.5, 0.6) is 0 Å². The quantitative estimate of drug-likeness (QED) is 0.559. The summed E-state index contributed by atoms with van der Waals surface area (Å²) in [4.78, 5) is 24.0. The van der Waals surface area contributed by atoms with Crippen LogP contribution in [0.1, 0.15) is 12.0 Å². The molecule has 0 N–H and O–H groups in total. The summed E-state index contributed by atoms with van der Waals surface area (Å²) in [6, 6.07) is 3.43. The lowest BCUT2D eigenvalue weighted by atomic mass is 9.81. The first-order valence-electron chi connectivity index (χ1n) is 8.25. The minimum Gasteiger partial charge on any atom is -0.369 e. The summed E-state index contributed by atoms with van der Waals surface area (Å²) in [7, 11) is -5.04. The number of hydroxylamine groups is 2. The zero-order chi connectivity index (χ0) is 19.3. The zero-order valence-electron chi connectivity index (χ0n) is 13.4. The van der Waals surface area contributed by atoms with Crippen LogP contribution in [0.4, 0.5) is 13.2 Å². The third-order valence-electron chi connectivity index (χ3n) is 5.86. The Morgan fingerprint density at radius 1 is 1.04 bits per heavy atom. The van der Waals surface area contributed by atoms with Gasteiger partial charge < -0.3 is 4.74 Å². The molecule has 0 spiro atoms. The second kappa shape index (κ2) is 5.09. The van der Waals surface area contributed by atoms with Gasteiger partial charge in [0.2, 0.25) is 0 Å². The highest BCUT2D eigenvalue weighted by Gasteiger charge is 2.74. The Morgan fingerprint density at radius 3 is 2.15 bits per heavy atom. The number of benzene rings is 1. The van der Waals surface area contributed by atoms with Crippen LogP contribution in [0.15, 0.2) is 29.2 Å². The van der Waals surface area contributed by atoms with E-state index in [0.717, 1.165) is 18.2 Å². The molecule has 2 aliphatic carbocycles. The normalized spacial score (nSPS) is 36.9. The molecule has 1 aromatic carbocycles. The van der Waals surface area contributed by atoms with Crippen molar-refractivity contribution in [1.82, 2.24) is 5.06 Å². The summed E-state index contributed by atoms with van der Waals surface area (Å²) in [6.45, 7) is 0. The van der Waals surface area contributed by atoms with Gasteiger partial charge in [-0.15, -0.1) is 9.35 Å². The number of imide groups is 1. The number of amides is 2. The van der Waals surface area contributed by atoms with E-state index in [0.29, 0.717) is 12.5 Å². The van der Waals surface area contributed by atoms with Crippen molar-refractivity contribution in [3.63, 3.8) is 0 Å². The Hall–Kier alpha value is -1.98. The summed E-state index contributed by atoms with van der Waals surface area (Å²) >= 11 is 0. The SMILES string of the molecule is O=C1C2C3CC(C4OC34)C2C(=O)N1OS(=O)(=O)c1ccccc1C(F)(F)F. The van der Waals surface area contributed by atoms with E-state index in [2.05, 4.69) is 4.28 Å². The molecular weight excluding hydrogens is 391 g/mol. The van der Waals surface area contributed by atoms with E-state index in [9.17, 15) is 31.2 Å². The van der Waals surface area contributed by atoms with E-state index in [1.165, 1.54) is 0 Å². The van der Waals surface area contributed by atoms with Gasteiger partial charge >= 0.3 is 16.3 Å². The number of nitrogens with zero attached hydrogens (tertiary/aromatic N) is 1. The molecule has 27 heavy (non-hydrogen) atoms. The van der Waals surface area contributed by atoms with Crippen LogP contribution in [0.3, 0.4) is 0 Å². The molecule has 6 unspecified atom stereocenters.